The summed E-state index contributed by atoms with van der Waals surface area (Å²) in [5, 5.41) is 2.92. The van der Waals surface area contributed by atoms with E-state index in [9.17, 15) is 8.78 Å². The lowest BCUT2D eigenvalue weighted by atomic mass is 10.3. The Balaban J connectivity index is 2.26. The molecule has 2 aromatic rings. The van der Waals surface area contributed by atoms with Crippen LogP contribution < -0.4 is 11.1 Å². The van der Waals surface area contributed by atoms with Crippen molar-refractivity contribution >= 4 is 29.0 Å². The number of aromatic nitrogens is 2. The fourth-order valence-corrected chi connectivity index (χ4v) is 1.94. The summed E-state index contributed by atoms with van der Waals surface area (Å²) in [5.74, 6) is -2.08. The molecule has 0 amide bonds. The second-order valence-electron chi connectivity index (χ2n) is 3.33. The number of anilines is 3. The van der Waals surface area contributed by atoms with Crippen molar-refractivity contribution in [3.05, 3.63) is 36.8 Å². The predicted molar refractivity (Wildman–Crippen MR) is 68.0 cm³/mol. The number of para-hydroxylation sites is 1. The van der Waals surface area contributed by atoms with E-state index >= 15 is 0 Å². The molecule has 4 nitrogen and oxygen atoms in total. The van der Waals surface area contributed by atoms with Crippen LogP contribution in [0.2, 0.25) is 0 Å². The Labute approximate surface area is 107 Å². The van der Waals surface area contributed by atoms with Crippen LogP contribution in [-0.4, -0.2) is 15.7 Å². The average molecular weight is 268 g/mol. The minimum Gasteiger partial charge on any atom is -0.394 e. The fourth-order valence-electron chi connectivity index (χ4n) is 1.34. The Morgan fingerprint density at radius 1 is 1.28 bits per heavy atom. The van der Waals surface area contributed by atoms with Gasteiger partial charge < -0.3 is 11.1 Å². The van der Waals surface area contributed by atoms with Crippen LogP contribution >= 0.6 is 11.8 Å². The number of hydrogen-bond donors (Lipinski definition) is 2. The number of thioether (sulfide) groups is 1. The molecule has 7 heteroatoms. The molecule has 0 aliphatic carbocycles. The smallest absolute Gasteiger partial charge is 0.288 e. The van der Waals surface area contributed by atoms with Crippen LogP contribution in [-0.2, 0) is 0 Å². The van der Waals surface area contributed by atoms with Gasteiger partial charge in [-0.1, -0.05) is 23.9 Å². The summed E-state index contributed by atoms with van der Waals surface area (Å²) in [6, 6.07) is 6.73. The van der Waals surface area contributed by atoms with E-state index in [1.54, 1.807) is 24.3 Å². The maximum atomic E-state index is 12.4. The van der Waals surface area contributed by atoms with Crippen LogP contribution in [0.4, 0.5) is 26.0 Å². The van der Waals surface area contributed by atoms with E-state index in [0.717, 1.165) is 0 Å². The van der Waals surface area contributed by atoms with Crippen molar-refractivity contribution in [1.29, 1.82) is 0 Å². The van der Waals surface area contributed by atoms with Crippen LogP contribution in [0.5, 0.6) is 0 Å². The highest BCUT2D eigenvalue weighted by molar-refractivity contribution is 7.99. The van der Waals surface area contributed by atoms with Crippen LogP contribution in [0.3, 0.4) is 0 Å². The monoisotopic (exact) mass is 268 g/mol. The molecule has 0 bridgehead atoms. The van der Waals surface area contributed by atoms with Crippen molar-refractivity contribution in [1.82, 2.24) is 9.97 Å². The Morgan fingerprint density at radius 2 is 2.06 bits per heavy atom. The van der Waals surface area contributed by atoms with E-state index < -0.39 is 5.76 Å². The van der Waals surface area contributed by atoms with Crippen LogP contribution in [0.15, 0.2) is 41.7 Å². The first-order valence-electron chi connectivity index (χ1n) is 5.03. The van der Waals surface area contributed by atoms with Crippen LogP contribution in [0.1, 0.15) is 0 Å². The molecule has 1 aromatic heterocycles. The van der Waals surface area contributed by atoms with Gasteiger partial charge in [-0.3, -0.25) is 0 Å². The van der Waals surface area contributed by atoms with Crippen LogP contribution in [0, 0.1) is 0 Å². The highest BCUT2D eigenvalue weighted by Crippen LogP contribution is 2.33. The molecule has 0 saturated heterocycles. The third-order valence-corrected chi connectivity index (χ3v) is 2.88. The zero-order valence-electron chi connectivity index (χ0n) is 9.18. The van der Waals surface area contributed by atoms with E-state index in [1.807, 2.05) is 0 Å². The van der Waals surface area contributed by atoms with Crippen molar-refractivity contribution in [2.24, 2.45) is 0 Å². The highest BCUT2D eigenvalue weighted by Gasteiger charge is 2.10. The van der Waals surface area contributed by atoms with Crippen LogP contribution in [0.25, 0.3) is 0 Å². The number of nitrogens with two attached hydrogens (primary N) is 1. The standard InChI is InChI=1S/C11H10F2N4S/c12-11(13)18-9-4-2-1-3-8(9)17-10-7(14)5-15-6-16-10/h1-6,11H,14H2,(H,15,16,17). The van der Waals surface area contributed by atoms with Gasteiger partial charge in [-0.15, -0.1) is 0 Å². The number of benzene rings is 1. The zero-order chi connectivity index (χ0) is 13.0. The van der Waals surface area contributed by atoms with E-state index in [-0.39, 0.29) is 0 Å². The molecule has 1 heterocycles. The minimum atomic E-state index is -2.48. The van der Waals surface area contributed by atoms with E-state index in [4.69, 9.17) is 5.73 Å². The molecule has 3 N–H and O–H groups in total. The molecule has 0 spiro atoms. The first-order chi connectivity index (χ1) is 8.66. The van der Waals surface area contributed by atoms with Crippen molar-refractivity contribution < 1.29 is 8.78 Å². The largest absolute Gasteiger partial charge is 0.394 e. The molecule has 0 fully saturated rings. The van der Waals surface area contributed by atoms with Gasteiger partial charge in [-0.2, -0.15) is 8.78 Å². The number of hydrogen-bond acceptors (Lipinski definition) is 5. The molecule has 0 unspecified atom stereocenters. The molecular weight excluding hydrogens is 258 g/mol. The number of nitrogen functional groups attached to an aromatic ring is 1. The summed E-state index contributed by atoms with van der Waals surface area (Å²) in [7, 11) is 0. The molecule has 0 saturated carbocycles. The molecule has 0 aliphatic rings. The molecule has 2 rings (SSSR count). The Hall–Kier alpha value is -1.89. The summed E-state index contributed by atoms with van der Waals surface area (Å²) >= 11 is 0.470. The Bertz CT molecular complexity index is 536. The van der Waals surface area contributed by atoms with Gasteiger partial charge >= 0.3 is 0 Å². The van der Waals surface area contributed by atoms with Gasteiger partial charge in [0.15, 0.2) is 5.82 Å². The van der Waals surface area contributed by atoms with Crippen molar-refractivity contribution in [2.75, 3.05) is 11.1 Å². The molecular formula is C11H10F2N4S. The van der Waals surface area contributed by atoms with E-state index in [0.29, 0.717) is 33.9 Å². The lowest BCUT2D eigenvalue weighted by Crippen LogP contribution is -2.00. The summed E-state index contributed by atoms with van der Waals surface area (Å²) in [5.41, 5.74) is 6.57. The van der Waals surface area contributed by atoms with Gasteiger partial charge in [0, 0.05) is 4.90 Å². The molecule has 0 atom stereocenters. The zero-order valence-corrected chi connectivity index (χ0v) is 9.99. The molecule has 94 valence electrons. The third-order valence-electron chi connectivity index (χ3n) is 2.10. The predicted octanol–water partition coefficient (Wildman–Crippen LogP) is 3.12. The molecule has 0 radical (unpaired) electrons. The lowest BCUT2D eigenvalue weighted by molar-refractivity contribution is 0.252. The number of alkyl halides is 2. The third kappa shape index (κ3) is 3.07. The molecule has 1 aromatic carbocycles. The SMILES string of the molecule is Nc1cncnc1Nc1ccccc1SC(F)F. The quantitative estimate of drug-likeness (QED) is 0.834. The first kappa shape index (κ1) is 12.6. The van der Waals surface area contributed by atoms with Gasteiger partial charge in [0.25, 0.3) is 5.76 Å². The second-order valence-corrected chi connectivity index (χ2v) is 4.36. The molecule has 18 heavy (non-hydrogen) atoms. The van der Waals surface area contributed by atoms with Crippen molar-refractivity contribution in [3.8, 4) is 0 Å². The van der Waals surface area contributed by atoms with E-state index in [1.165, 1.54) is 12.5 Å². The van der Waals surface area contributed by atoms with Gasteiger partial charge in [0.2, 0.25) is 0 Å². The van der Waals surface area contributed by atoms with Gasteiger partial charge in [0.1, 0.15) is 6.33 Å². The fraction of sp³-hybridized carbons (Fsp3) is 0.0909. The average Bonchev–Trinajstić information content (AvgIpc) is 2.34. The topological polar surface area (TPSA) is 63.8 Å². The number of halogens is 2. The number of nitrogens with zero attached hydrogens (tertiary/aromatic N) is 2. The summed E-state index contributed by atoms with van der Waals surface area (Å²) in [4.78, 5) is 8.14. The summed E-state index contributed by atoms with van der Waals surface area (Å²) in [6.45, 7) is 0. The lowest BCUT2D eigenvalue weighted by Gasteiger charge is -2.11. The molecule has 0 aliphatic heterocycles. The van der Waals surface area contributed by atoms with Crippen molar-refractivity contribution in [3.63, 3.8) is 0 Å². The van der Waals surface area contributed by atoms with Crippen molar-refractivity contribution in [2.45, 2.75) is 10.7 Å². The Morgan fingerprint density at radius 3 is 2.78 bits per heavy atom. The van der Waals surface area contributed by atoms with E-state index in [2.05, 4.69) is 15.3 Å². The summed E-state index contributed by atoms with van der Waals surface area (Å²) < 4.78 is 24.8. The normalized spacial score (nSPS) is 10.6. The second kappa shape index (κ2) is 5.63. The maximum Gasteiger partial charge on any atom is 0.288 e. The van der Waals surface area contributed by atoms with Gasteiger partial charge in [-0.25, -0.2) is 9.97 Å². The van der Waals surface area contributed by atoms with Gasteiger partial charge in [0.05, 0.1) is 17.6 Å². The Kier molecular flexibility index (Phi) is 3.93. The maximum absolute atomic E-state index is 12.4. The van der Waals surface area contributed by atoms with Gasteiger partial charge in [-0.05, 0) is 12.1 Å². The number of nitrogens with one attached hydrogen (secondary N) is 1. The summed E-state index contributed by atoms with van der Waals surface area (Å²) in [6.07, 6.45) is 2.78. The highest BCUT2D eigenvalue weighted by atomic mass is 32.2. The first-order valence-corrected chi connectivity index (χ1v) is 5.91. The minimum absolute atomic E-state index is 0.356. The number of rotatable bonds is 4.